The van der Waals surface area contributed by atoms with Crippen molar-refractivity contribution in [2.24, 2.45) is 29.6 Å². The average molecular weight is 1090 g/mol. The van der Waals surface area contributed by atoms with Gasteiger partial charge in [0.25, 0.3) is 5.91 Å². The molecule has 5 aromatic rings. The zero-order valence-electron chi connectivity index (χ0n) is 48.5. The molecule has 79 heavy (non-hydrogen) atoms. The van der Waals surface area contributed by atoms with E-state index in [9.17, 15) is 31.9 Å². The van der Waals surface area contributed by atoms with Crippen molar-refractivity contribution in [3.05, 3.63) is 141 Å². The van der Waals surface area contributed by atoms with Gasteiger partial charge in [0.15, 0.2) is 23.0 Å². The number of rotatable bonds is 10. The Kier molecular flexibility index (Phi) is 21.5. The molecule has 10 rings (SSSR count). The maximum absolute atomic E-state index is 13.0. The molecule has 5 aliphatic rings. The Balaban J connectivity index is 0.000000160. The highest BCUT2D eigenvalue weighted by Gasteiger charge is 2.66. The predicted octanol–water partition coefficient (Wildman–Crippen LogP) is 14.6. The van der Waals surface area contributed by atoms with Crippen molar-refractivity contribution in [2.45, 2.75) is 146 Å². The first-order valence-corrected chi connectivity index (χ1v) is 28.1. The second-order valence-electron chi connectivity index (χ2n) is 23.4. The van der Waals surface area contributed by atoms with Crippen molar-refractivity contribution in [1.29, 1.82) is 0 Å². The van der Waals surface area contributed by atoms with Crippen LogP contribution in [0, 0.1) is 29.6 Å². The van der Waals surface area contributed by atoms with Gasteiger partial charge in [-0.2, -0.15) is 17.6 Å². The summed E-state index contributed by atoms with van der Waals surface area (Å²) in [6.07, 6.45) is -0.360. The minimum Gasteiger partial charge on any atom is -0.486 e. The number of carbonyl (C=O) groups is 3. The molecule has 0 radical (unpaired) electrons. The van der Waals surface area contributed by atoms with Crippen LogP contribution >= 0.6 is 0 Å². The van der Waals surface area contributed by atoms with Crippen LogP contribution in [-0.4, -0.2) is 68.7 Å². The lowest BCUT2D eigenvalue weighted by molar-refractivity contribution is -0.391. The Morgan fingerprint density at radius 2 is 0.924 bits per heavy atom. The third-order valence-electron chi connectivity index (χ3n) is 13.7. The molecule has 0 fully saturated rings. The smallest absolute Gasteiger partial charge is 0.486 e. The topological polar surface area (TPSA) is 107 Å². The molecule has 0 bridgehead atoms. The maximum atomic E-state index is 13.0. The van der Waals surface area contributed by atoms with E-state index in [1.807, 2.05) is 38.9 Å². The van der Waals surface area contributed by atoms with Crippen LogP contribution in [0.2, 0.25) is 0 Å². The van der Waals surface area contributed by atoms with Crippen molar-refractivity contribution >= 4 is 29.1 Å². The van der Waals surface area contributed by atoms with E-state index in [-0.39, 0.29) is 29.2 Å². The Morgan fingerprint density at radius 3 is 1.49 bits per heavy atom. The lowest BCUT2D eigenvalue weighted by atomic mass is 9.94. The number of likely N-dealkylation sites (N-methyl/N-ethyl adjacent to an activating group) is 1. The number of benzene rings is 5. The molecule has 10 nitrogen and oxygen atoms in total. The summed E-state index contributed by atoms with van der Waals surface area (Å²) in [5, 5.41) is 2.93. The van der Waals surface area contributed by atoms with Gasteiger partial charge in [-0.15, -0.1) is 0 Å². The van der Waals surface area contributed by atoms with Crippen LogP contribution in [0.15, 0.2) is 91.0 Å². The molecular formula is C65H83F4N3O7. The van der Waals surface area contributed by atoms with E-state index in [0.29, 0.717) is 62.1 Å². The Hall–Kier alpha value is -6.57. The highest BCUT2D eigenvalue weighted by atomic mass is 19.3. The van der Waals surface area contributed by atoms with E-state index in [2.05, 4.69) is 137 Å². The molecule has 14 heteroatoms. The van der Waals surface area contributed by atoms with Crippen LogP contribution in [0.5, 0.6) is 23.0 Å². The van der Waals surface area contributed by atoms with Gasteiger partial charge in [-0.05, 0) is 168 Å². The largest absolute Gasteiger partial charge is 0.507 e. The average Bonchev–Trinajstić information content (AvgIpc) is 3.45. The van der Waals surface area contributed by atoms with Crippen molar-refractivity contribution in [3.63, 3.8) is 0 Å². The summed E-state index contributed by atoms with van der Waals surface area (Å²) >= 11 is 0. The van der Waals surface area contributed by atoms with Crippen LogP contribution in [0.1, 0.15) is 137 Å². The normalized spacial score (nSPS) is 16.2. The second-order valence-corrected chi connectivity index (χ2v) is 23.4. The van der Waals surface area contributed by atoms with Crippen molar-refractivity contribution in [2.75, 3.05) is 44.1 Å². The molecular weight excluding hydrogens is 1010 g/mol. The Morgan fingerprint density at radius 1 is 0.481 bits per heavy atom. The molecule has 0 saturated carbocycles. The number of nitrogens with zero attached hydrogens (tertiary/aromatic N) is 2. The number of anilines is 2. The van der Waals surface area contributed by atoms with Crippen molar-refractivity contribution < 1.29 is 50.9 Å². The SMILES string of the molecule is CC(C)Cc1ccc2c(c1)C(=O)N(C)CC2.CC(C)Cc1ccc2c(c1)N(C)C(=O)CC2.CC(C)Cc1ccc2c(c1)NC(=O)CC2.CC(C)Cc1ccc2c(c1)OC(F)(F)C(F)(F)O2.CC(C)Cc1ccc2c(c1)OCCO2. The molecule has 5 aromatic carbocycles. The third kappa shape index (κ3) is 17.7. The number of hydrogen-bond donors (Lipinski definition) is 1. The fourth-order valence-electron chi connectivity index (χ4n) is 9.92. The number of carbonyl (C=O) groups excluding carboxylic acids is 3. The Bertz CT molecular complexity index is 2880. The number of aryl methyl sites for hydroxylation is 2. The van der Waals surface area contributed by atoms with Crippen molar-refractivity contribution in [1.82, 2.24) is 4.90 Å². The van der Waals surface area contributed by atoms with E-state index in [1.54, 1.807) is 11.0 Å². The van der Waals surface area contributed by atoms with Crippen LogP contribution < -0.4 is 29.2 Å². The lowest BCUT2D eigenvalue weighted by Gasteiger charge is -2.32. The van der Waals surface area contributed by atoms with Gasteiger partial charge >= 0.3 is 12.2 Å². The van der Waals surface area contributed by atoms with Gasteiger partial charge in [0.05, 0.1) is 0 Å². The molecule has 0 spiro atoms. The summed E-state index contributed by atoms with van der Waals surface area (Å²) in [6, 6.07) is 29.6. The van der Waals surface area contributed by atoms with Crippen LogP contribution in [-0.2, 0) is 61.0 Å². The number of nitrogens with one attached hydrogen (secondary N) is 1. The number of fused-ring (bicyclic) bond motifs is 5. The first-order chi connectivity index (χ1) is 37.3. The van der Waals surface area contributed by atoms with Gasteiger partial charge in [-0.1, -0.05) is 118 Å². The van der Waals surface area contributed by atoms with Gasteiger partial charge < -0.3 is 34.1 Å². The van der Waals surface area contributed by atoms with E-state index in [0.717, 1.165) is 85.5 Å². The number of hydrogen-bond acceptors (Lipinski definition) is 7. The van der Waals surface area contributed by atoms with Gasteiger partial charge in [-0.3, -0.25) is 14.4 Å². The van der Waals surface area contributed by atoms with Crippen LogP contribution in [0.25, 0.3) is 0 Å². The summed E-state index contributed by atoms with van der Waals surface area (Å²) in [5.74, 6) is 4.53. The summed E-state index contributed by atoms with van der Waals surface area (Å²) in [4.78, 5) is 38.4. The van der Waals surface area contributed by atoms with Gasteiger partial charge in [0, 0.05) is 50.4 Å². The lowest BCUT2D eigenvalue weighted by Crippen LogP contribution is -2.52. The molecule has 3 amide bonds. The summed E-state index contributed by atoms with van der Waals surface area (Å²) in [5.41, 5.74) is 12.8. The van der Waals surface area contributed by atoms with Crippen LogP contribution in [0.3, 0.4) is 0 Å². The molecule has 5 heterocycles. The monoisotopic (exact) mass is 1090 g/mol. The summed E-state index contributed by atoms with van der Waals surface area (Å²) < 4.78 is 70.7. The van der Waals surface area contributed by atoms with Crippen molar-refractivity contribution in [3.8, 4) is 23.0 Å². The highest BCUT2D eigenvalue weighted by Crippen LogP contribution is 2.47. The molecule has 0 unspecified atom stereocenters. The summed E-state index contributed by atoms with van der Waals surface area (Å²) in [6.45, 7) is 23.8. The summed E-state index contributed by atoms with van der Waals surface area (Å²) in [7, 11) is 3.75. The number of amides is 3. The van der Waals surface area contributed by atoms with Gasteiger partial charge in [0.2, 0.25) is 11.8 Å². The highest BCUT2D eigenvalue weighted by molar-refractivity contribution is 5.97. The zero-order chi connectivity index (χ0) is 57.8. The number of alkyl halides is 4. The first kappa shape index (κ1) is 61.6. The first-order valence-electron chi connectivity index (χ1n) is 28.1. The third-order valence-corrected chi connectivity index (χ3v) is 13.7. The number of halogens is 4. The van der Waals surface area contributed by atoms with Gasteiger partial charge in [0.1, 0.15) is 13.2 Å². The van der Waals surface area contributed by atoms with Crippen LogP contribution in [0.4, 0.5) is 28.9 Å². The van der Waals surface area contributed by atoms with Gasteiger partial charge in [-0.25, -0.2) is 0 Å². The van der Waals surface area contributed by atoms with E-state index < -0.39 is 12.2 Å². The quantitative estimate of drug-likeness (QED) is 0.139. The molecule has 0 atom stereocenters. The van der Waals surface area contributed by atoms with E-state index in [4.69, 9.17) is 9.47 Å². The van der Waals surface area contributed by atoms with E-state index >= 15 is 0 Å². The molecule has 0 saturated heterocycles. The van der Waals surface area contributed by atoms with E-state index in [1.165, 1.54) is 51.1 Å². The minimum atomic E-state index is -4.66. The molecule has 0 aliphatic carbocycles. The Labute approximate surface area is 466 Å². The standard InChI is InChI=1S/2C14H19NO.C13H17NO.C12H12F4O2.C12H16O2/c1-10(2)8-11-4-5-12-6-7-15(3)14(16)13(12)9-11;1-10(2)8-11-4-5-12-6-7-14(16)15(3)13(12)9-11;1-9(2)7-10-3-4-11-5-6-13(15)14-12(11)8-10;1-7(2)5-8-3-4-9-10(6-8)18-12(15,16)11(13,14)17-9;1-9(2)7-10-3-4-11-12(8-10)14-6-5-13-11/h2*4-5,9-10H,6-8H2,1-3H3;3-4,8-9H,5-7H2,1-2H3,(H,14,15);3-4,6-7H,5H2,1-2H3;3-4,8-9H,5-7H2,1-2H3. The fourth-order valence-corrected chi connectivity index (χ4v) is 9.92. The molecule has 428 valence electrons. The second kappa shape index (κ2) is 27.5. The minimum absolute atomic E-state index is 0.143. The zero-order valence-corrected chi connectivity index (χ0v) is 48.5. The molecule has 1 N–H and O–H groups in total. The molecule has 5 aliphatic heterocycles. The number of ether oxygens (including phenoxy) is 4. The predicted molar refractivity (Wildman–Crippen MR) is 306 cm³/mol. The molecule has 0 aromatic heterocycles. The fraction of sp³-hybridized carbons (Fsp3) is 0.492. The maximum Gasteiger partial charge on any atom is 0.507 e.